The molecule has 0 radical (unpaired) electrons. The van der Waals surface area contributed by atoms with E-state index < -0.39 is 5.60 Å². The van der Waals surface area contributed by atoms with E-state index in [1.165, 1.54) is 12.1 Å². The zero-order valence-corrected chi connectivity index (χ0v) is 10.9. The second kappa shape index (κ2) is 6.50. The van der Waals surface area contributed by atoms with Gasteiger partial charge >= 0.3 is 0 Å². The maximum Gasteiger partial charge on any atom is 0.220 e. The number of amides is 1. The SMILES string of the molecule is CCC(C)(O)CNC(=O)CCc1ccc(F)cc1. The summed E-state index contributed by atoms with van der Waals surface area (Å²) in [4.78, 5) is 11.5. The van der Waals surface area contributed by atoms with Crippen LogP contribution in [0.1, 0.15) is 32.3 Å². The molecule has 1 amide bonds. The molecule has 0 aromatic heterocycles. The third-order valence-electron chi connectivity index (χ3n) is 2.98. The smallest absolute Gasteiger partial charge is 0.220 e. The molecule has 2 N–H and O–H groups in total. The Labute approximate surface area is 107 Å². The van der Waals surface area contributed by atoms with E-state index in [9.17, 15) is 14.3 Å². The molecule has 0 fully saturated rings. The van der Waals surface area contributed by atoms with Gasteiger partial charge in [-0.2, -0.15) is 0 Å². The van der Waals surface area contributed by atoms with Crippen LogP contribution in [0, 0.1) is 5.82 Å². The zero-order chi connectivity index (χ0) is 13.6. The highest BCUT2D eigenvalue weighted by Gasteiger charge is 2.17. The maximum atomic E-state index is 12.7. The summed E-state index contributed by atoms with van der Waals surface area (Å²) in [6, 6.07) is 6.11. The number of hydrogen-bond donors (Lipinski definition) is 2. The summed E-state index contributed by atoms with van der Waals surface area (Å²) in [5, 5.41) is 12.4. The fourth-order valence-corrected chi connectivity index (χ4v) is 1.41. The summed E-state index contributed by atoms with van der Waals surface area (Å²) in [6.07, 6.45) is 1.50. The zero-order valence-electron chi connectivity index (χ0n) is 10.9. The predicted molar refractivity (Wildman–Crippen MR) is 68.6 cm³/mol. The molecule has 1 unspecified atom stereocenters. The van der Waals surface area contributed by atoms with Crippen molar-refractivity contribution in [2.45, 2.75) is 38.7 Å². The molecule has 1 aromatic carbocycles. The number of rotatable bonds is 6. The van der Waals surface area contributed by atoms with Gasteiger partial charge in [0.25, 0.3) is 0 Å². The van der Waals surface area contributed by atoms with E-state index in [0.29, 0.717) is 19.3 Å². The molecule has 0 aliphatic carbocycles. The lowest BCUT2D eigenvalue weighted by Gasteiger charge is -2.21. The van der Waals surface area contributed by atoms with E-state index in [-0.39, 0.29) is 18.3 Å². The van der Waals surface area contributed by atoms with E-state index in [0.717, 1.165) is 5.56 Å². The molecule has 0 spiro atoms. The van der Waals surface area contributed by atoms with E-state index in [4.69, 9.17) is 0 Å². The van der Waals surface area contributed by atoms with Crippen molar-refractivity contribution in [3.63, 3.8) is 0 Å². The monoisotopic (exact) mass is 253 g/mol. The van der Waals surface area contributed by atoms with E-state index >= 15 is 0 Å². The van der Waals surface area contributed by atoms with Gasteiger partial charge in [-0.05, 0) is 37.5 Å². The van der Waals surface area contributed by atoms with Gasteiger partial charge in [0.1, 0.15) is 5.82 Å². The molecule has 1 rings (SSSR count). The van der Waals surface area contributed by atoms with Gasteiger partial charge in [-0.25, -0.2) is 4.39 Å². The highest BCUT2D eigenvalue weighted by Crippen LogP contribution is 2.07. The third kappa shape index (κ3) is 5.27. The molecule has 3 nitrogen and oxygen atoms in total. The van der Waals surface area contributed by atoms with Gasteiger partial charge < -0.3 is 10.4 Å². The third-order valence-corrected chi connectivity index (χ3v) is 2.98. The number of nitrogens with one attached hydrogen (secondary N) is 1. The maximum absolute atomic E-state index is 12.7. The molecule has 0 aliphatic heterocycles. The average Bonchev–Trinajstić information content (AvgIpc) is 2.36. The molecule has 100 valence electrons. The summed E-state index contributed by atoms with van der Waals surface area (Å²) in [6.45, 7) is 3.81. The molecule has 4 heteroatoms. The van der Waals surface area contributed by atoms with Crippen LogP contribution in [0.2, 0.25) is 0 Å². The van der Waals surface area contributed by atoms with Crippen molar-refractivity contribution in [1.29, 1.82) is 0 Å². The molecule has 1 aromatic rings. The summed E-state index contributed by atoms with van der Waals surface area (Å²) in [7, 11) is 0. The van der Waals surface area contributed by atoms with Crippen molar-refractivity contribution >= 4 is 5.91 Å². The number of carbonyl (C=O) groups excluding carboxylic acids is 1. The molecule has 0 heterocycles. The fourth-order valence-electron chi connectivity index (χ4n) is 1.41. The normalized spacial score (nSPS) is 14.0. The van der Waals surface area contributed by atoms with E-state index in [1.54, 1.807) is 19.1 Å². The van der Waals surface area contributed by atoms with Crippen molar-refractivity contribution in [1.82, 2.24) is 5.32 Å². The van der Waals surface area contributed by atoms with Crippen molar-refractivity contribution in [2.75, 3.05) is 6.54 Å². The molecule has 0 saturated heterocycles. The Balaban J connectivity index is 2.31. The van der Waals surface area contributed by atoms with Crippen LogP contribution < -0.4 is 5.32 Å². The number of benzene rings is 1. The number of hydrogen-bond acceptors (Lipinski definition) is 2. The second-order valence-corrected chi connectivity index (χ2v) is 4.75. The van der Waals surface area contributed by atoms with Crippen molar-refractivity contribution in [3.8, 4) is 0 Å². The molecular formula is C14H20FNO2. The van der Waals surface area contributed by atoms with E-state index in [2.05, 4.69) is 5.32 Å². The topological polar surface area (TPSA) is 49.3 Å². The molecule has 0 bridgehead atoms. The van der Waals surface area contributed by atoms with Crippen LogP contribution in [0.5, 0.6) is 0 Å². The van der Waals surface area contributed by atoms with Crippen LogP contribution >= 0.6 is 0 Å². The summed E-state index contributed by atoms with van der Waals surface area (Å²) in [5.41, 5.74) is 0.0692. The minimum Gasteiger partial charge on any atom is -0.388 e. The molecule has 1 atom stereocenters. The quantitative estimate of drug-likeness (QED) is 0.815. The van der Waals surface area contributed by atoms with Crippen LogP contribution in [0.15, 0.2) is 24.3 Å². The van der Waals surface area contributed by atoms with Crippen LogP contribution in [0.3, 0.4) is 0 Å². The highest BCUT2D eigenvalue weighted by atomic mass is 19.1. The molecular weight excluding hydrogens is 233 g/mol. The van der Waals surface area contributed by atoms with Crippen molar-refractivity contribution in [2.24, 2.45) is 0 Å². The molecule has 18 heavy (non-hydrogen) atoms. The van der Waals surface area contributed by atoms with Crippen molar-refractivity contribution < 1.29 is 14.3 Å². The van der Waals surface area contributed by atoms with Crippen LogP contribution in [0.4, 0.5) is 4.39 Å². The van der Waals surface area contributed by atoms with Crippen LogP contribution in [0.25, 0.3) is 0 Å². The lowest BCUT2D eigenvalue weighted by molar-refractivity contribution is -0.122. The Bertz CT molecular complexity index is 387. The Morgan fingerprint density at radius 3 is 2.56 bits per heavy atom. The Kier molecular flexibility index (Phi) is 5.28. The predicted octanol–water partition coefficient (Wildman–Crippen LogP) is 2.04. The van der Waals surface area contributed by atoms with Gasteiger partial charge in [-0.3, -0.25) is 4.79 Å². The van der Waals surface area contributed by atoms with Crippen LogP contribution in [-0.4, -0.2) is 23.2 Å². The van der Waals surface area contributed by atoms with Gasteiger partial charge in [0.15, 0.2) is 0 Å². The standard InChI is InChI=1S/C14H20FNO2/c1-3-14(2,18)10-16-13(17)9-6-11-4-7-12(15)8-5-11/h4-5,7-8,18H,3,6,9-10H2,1-2H3,(H,16,17). The lowest BCUT2D eigenvalue weighted by atomic mass is 10.0. The van der Waals surface area contributed by atoms with Crippen LogP contribution in [-0.2, 0) is 11.2 Å². The van der Waals surface area contributed by atoms with Gasteiger partial charge in [0, 0.05) is 13.0 Å². The highest BCUT2D eigenvalue weighted by molar-refractivity contribution is 5.76. The number of halogens is 1. The largest absolute Gasteiger partial charge is 0.388 e. The number of aryl methyl sites for hydroxylation is 1. The minimum atomic E-state index is -0.856. The minimum absolute atomic E-state index is 0.104. The molecule has 0 saturated carbocycles. The molecule has 0 aliphatic rings. The Hall–Kier alpha value is -1.42. The van der Waals surface area contributed by atoms with Gasteiger partial charge in [-0.1, -0.05) is 19.1 Å². The van der Waals surface area contributed by atoms with Gasteiger partial charge in [0.05, 0.1) is 5.60 Å². The Morgan fingerprint density at radius 1 is 1.39 bits per heavy atom. The lowest BCUT2D eigenvalue weighted by Crippen LogP contribution is -2.40. The summed E-state index contributed by atoms with van der Waals surface area (Å²) in [5.74, 6) is -0.379. The van der Waals surface area contributed by atoms with Crippen molar-refractivity contribution in [3.05, 3.63) is 35.6 Å². The summed E-state index contributed by atoms with van der Waals surface area (Å²) < 4.78 is 12.7. The first-order valence-corrected chi connectivity index (χ1v) is 6.16. The van der Waals surface area contributed by atoms with E-state index in [1.807, 2.05) is 6.92 Å². The first-order chi connectivity index (χ1) is 8.43. The van der Waals surface area contributed by atoms with Gasteiger partial charge in [0.2, 0.25) is 5.91 Å². The number of aliphatic hydroxyl groups is 1. The summed E-state index contributed by atoms with van der Waals surface area (Å²) >= 11 is 0. The second-order valence-electron chi connectivity index (χ2n) is 4.75. The Morgan fingerprint density at radius 2 is 2.00 bits per heavy atom. The first-order valence-electron chi connectivity index (χ1n) is 6.16. The average molecular weight is 253 g/mol. The number of carbonyl (C=O) groups is 1. The fraction of sp³-hybridized carbons (Fsp3) is 0.500. The first kappa shape index (κ1) is 14.6. The van der Waals surface area contributed by atoms with Gasteiger partial charge in [-0.15, -0.1) is 0 Å².